The first kappa shape index (κ1) is 30.0. The predicted molar refractivity (Wildman–Crippen MR) is 159 cm³/mol. The number of carbonyl (C=O) groups excluding carboxylic acids is 2. The van der Waals surface area contributed by atoms with E-state index in [2.05, 4.69) is 35.7 Å². The average Bonchev–Trinajstić information content (AvgIpc) is 3.82. The third kappa shape index (κ3) is 7.00. The van der Waals surface area contributed by atoms with Crippen molar-refractivity contribution in [3.63, 3.8) is 0 Å². The van der Waals surface area contributed by atoms with E-state index < -0.39 is 17.7 Å². The second-order valence-electron chi connectivity index (χ2n) is 10.8. The number of amides is 2. The fourth-order valence-electron chi connectivity index (χ4n) is 5.42. The van der Waals surface area contributed by atoms with E-state index in [0.29, 0.717) is 17.1 Å². The lowest BCUT2D eigenvalue weighted by atomic mass is 9.96. The molecule has 0 aromatic carbocycles. The molecule has 232 valence electrons. The van der Waals surface area contributed by atoms with Crippen LogP contribution in [0.15, 0.2) is 36.1 Å². The highest BCUT2D eigenvalue weighted by Crippen LogP contribution is 2.34. The maximum Gasteiger partial charge on any atom is 0.342 e. The van der Waals surface area contributed by atoms with Crippen LogP contribution in [0.2, 0.25) is 0 Å². The number of hydrogen-bond acceptors (Lipinski definition) is 9. The second-order valence-corrected chi connectivity index (χ2v) is 11.7. The Kier molecular flexibility index (Phi) is 9.33. The fourth-order valence-corrected chi connectivity index (χ4v) is 6.20. The van der Waals surface area contributed by atoms with Gasteiger partial charge in [-0.05, 0) is 37.9 Å². The van der Waals surface area contributed by atoms with Gasteiger partial charge in [0.05, 0.1) is 31.1 Å². The molecule has 0 bridgehead atoms. The van der Waals surface area contributed by atoms with Gasteiger partial charge in [-0.1, -0.05) is 19.3 Å². The maximum atomic E-state index is 14.7. The molecule has 2 N–H and O–H groups in total. The minimum atomic E-state index is -0.850. The second kappa shape index (κ2) is 13.7. The van der Waals surface area contributed by atoms with Gasteiger partial charge in [-0.2, -0.15) is 19.3 Å². The van der Waals surface area contributed by atoms with E-state index in [1.54, 1.807) is 22.5 Å². The zero-order valence-electron chi connectivity index (χ0n) is 24.0. The summed E-state index contributed by atoms with van der Waals surface area (Å²) in [6, 6.07) is 1.66. The van der Waals surface area contributed by atoms with E-state index in [1.807, 2.05) is 0 Å². The molecule has 12 nitrogen and oxygen atoms in total. The largest absolute Gasteiger partial charge is 0.379 e. The molecular weight excluding hydrogens is 592 g/mol. The molecule has 4 aromatic rings. The van der Waals surface area contributed by atoms with Gasteiger partial charge in [0.15, 0.2) is 5.82 Å². The molecule has 0 spiro atoms. The van der Waals surface area contributed by atoms with Gasteiger partial charge >= 0.3 is 6.03 Å². The Balaban J connectivity index is 1.12. The van der Waals surface area contributed by atoms with Crippen LogP contribution in [-0.2, 0) is 4.74 Å². The number of nitrogens with zero attached hydrogens (tertiary/aromatic N) is 7. The maximum absolute atomic E-state index is 14.7. The Labute approximate surface area is 256 Å². The van der Waals surface area contributed by atoms with Crippen LogP contribution in [-0.4, -0.2) is 85.8 Å². The highest BCUT2D eigenvalue weighted by atomic mass is 32.1. The number of rotatable bonds is 9. The number of nitrogens with one attached hydrogen (secondary N) is 2. The van der Waals surface area contributed by atoms with E-state index in [-0.39, 0.29) is 34.8 Å². The third-order valence-electron chi connectivity index (χ3n) is 7.77. The van der Waals surface area contributed by atoms with Gasteiger partial charge in [0.2, 0.25) is 5.95 Å². The van der Waals surface area contributed by atoms with Crippen LogP contribution in [0.25, 0.3) is 22.0 Å². The third-order valence-corrected chi connectivity index (χ3v) is 8.66. The standard InChI is InChI=1S/C29H33F2N9O3S/c30-21-7-8-24(31)36-25(21)26-22(17-39(37-26)20-5-2-1-3-6-20)34-27(41)23-18-44-28(35-23)19-15-33-40(16-19)29(42)32-9-4-10-38-11-13-43-14-12-38/h7-8,15-18,20H,1-6,9-14H2,(H,32,42)(H,34,41). The highest BCUT2D eigenvalue weighted by Gasteiger charge is 2.24. The van der Waals surface area contributed by atoms with E-state index in [4.69, 9.17) is 4.74 Å². The van der Waals surface area contributed by atoms with Crippen molar-refractivity contribution in [3.05, 3.63) is 53.6 Å². The predicted octanol–water partition coefficient (Wildman–Crippen LogP) is 4.58. The van der Waals surface area contributed by atoms with Gasteiger partial charge in [-0.15, -0.1) is 11.3 Å². The molecule has 1 saturated carbocycles. The molecule has 0 unspecified atom stereocenters. The molecule has 2 amide bonds. The molecule has 44 heavy (non-hydrogen) atoms. The van der Waals surface area contributed by atoms with E-state index in [0.717, 1.165) is 83.5 Å². The van der Waals surface area contributed by atoms with Crippen LogP contribution < -0.4 is 10.6 Å². The quantitative estimate of drug-likeness (QED) is 0.204. The van der Waals surface area contributed by atoms with E-state index in [9.17, 15) is 18.4 Å². The van der Waals surface area contributed by atoms with E-state index in [1.165, 1.54) is 22.2 Å². The van der Waals surface area contributed by atoms with Crippen LogP contribution >= 0.6 is 11.3 Å². The fraction of sp³-hybridized carbons (Fsp3) is 0.448. The van der Waals surface area contributed by atoms with Crippen LogP contribution in [0, 0.1) is 11.8 Å². The van der Waals surface area contributed by atoms with Crippen molar-refractivity contribution in [2.75, 3.05) is 44.7 Å². The number of ether oxygens (including phenoxy) is 1. The summed E-state index contributed by atoms with van der Waals surface area (Å²) >= 11 is 1.22. The summed E-state index contributed by atoms with van der Waals surface area (Å²) < 4.78 is 37.0. The summed E-state index contributed by atoms with van der Waals surface area (Å²) in [6.45, 7) is 4.68. The first-order chi connectivity index (χ1) is 21.4. The summed E-state index contributed by atoms with van der Waals surface area (Å²) in [5, 5.41) is 16.4. The number of halogens is 2. The number of morpholine rings is 1. The summed E-state index contributed by atoms with van der Waals surface area (Å²) in [7, 11) is 0. The molecule has 1 aliphatic heterocycles. The van der Waals surface area contributed by atoms with Gasteiger partial charge in [0, 0.05) is 43.0 Å². The lowest BCUT2D eigenvalue weighted by molar-refractivity contribution is 0.0375. The van der Waals surface area contributed by atoms with Crippen molar-refractivity contribution < 1.29 is 23.1 Å². The van der Waals surface area contributed by atoms with Crippen molar-refractivity contribution in [1.29, 1.82) is 0 Å². The molecule has 0 radical (unpaired) electrons. The van der Waals surface area contributed by atoms with Crippen LogP contribution in [0.5, 0.6) is 0 Å². The Morgan fingerprint density at radius 1 is 1.05 bits per heavy atom. The van der Waals surface area contributed by atoms with Crippen molar-refractivity contribution in [1.82, 2.24) is 39.7 Å². The number of anilines is 1. The number of aromatic nitrogens is 6. The molecule has 1 saturated heterocycles. The Morgan fingerprint density at radius 2 is 1.86 bits per heavy atom. The number of hydrogen-bond donors (Lipinski definition) is 2. The van der Waals surface area contributed by atoms with Crippen molar-refractivity contribution in [3.8, 4) is 22.0 Å². The summed E-state index contributed by atoms with van der Waals surface area (Å²) in [4.78, 5) is 36.3. The Morgan fingerprint density at radius 3 is 2.68 bits per heavy atom. The molecular formula is C29H33F2N9O3S. The summed E-state index contributed by atoms with van der Waals surface area (Å²) in [6.07, 6.45) is 10.6. The van der Waals surface area contributed by atoms with Gasteiger partial charge in [-0.3, -0.25) is 14.4 Å². The molecule has 2 fully saturated rings. The monoisotopic (exact) mass is 625 g/mol. The first-order valence-electron chi connectivity index (χ1n) is 14.8. The number of carbonyl (C=O) groups is 2. The highest BCUT2D eigenvalue weighted by molar-refractivity contribution is 7.13. The molecule has 15 heteroatoms. The zero-order valence-corrected chi connectivity index (χ0v) is 24.9. The zero-order chi connectivity index (χ0) is 30.5. The summed E-state index contributed by atoms with van der Waals surface area (Å²) in [5.74, 6) is -2.14. The van der Waals surface area contributed by atoms with Gasteiger partial charge in [-0.25, -0.2) is 19.2 Å². The number of pyridine rings is 1. The summed E-state index contributed by atoms with van der Waals surface area (Å²) in [5.41, 5.74) is 0.683. The number of thiazole rings is 1. The minimum Gasteiger partial charge on any atom is -0.379 e. The average molecular weight is 626 g/mol. The van der Waals surface area contributed by atoms with Gasteiger partial charge in [0.1, 0.15) is 22.1 Å². The molecule has 6 rings (SSSR count). The Bertz CT molecular complexity index is 1610. The van der Waals surface area contributed by atoms with E-state index >= 15 is 0 Å². The topological polar surface area (TPSA) is 132 Å². The molecule has 4 aromatic heterocycles. The molecule has 0 atom stereocenters. The van der Waals surface area contributed by atoms with Gasteiger partial charge in [0.25, 0.3) is 5.91 Å². The van der Waals surface area contributed by atoms with Crippen LogP contribution in [0.4, 0.5) is 19.3 Å². The van der Waals surface area contributed by atoms with Crippen LogP contribution in [0.3, 0.4) is 0 Å². The molecule has 5 heterocycles. The molecule has 1 aliphatic carbocycles. The lowest BCUT2D eigenvalue weighted by Gasteiger charge is -2.26. The van der Waals surface area contributed by atoms with Crippen molar-refractivity contribution in [2.45, 2.75) is 44.6 Å². The smallest absolute Gasteiger partial charge is 0.342 e. The van der Waals surface area contributed by atoms with Crippen molar-refractivity contribution in [2.24, 2.45) is 0 Å². The SMILES string of the molecule is O=C(Nc1cn(C2CCCCC2)nc1-c1nc(F)ccc1F)c1csc(-c2cnn(C(=O)NCCCN3CCOCC3)c2)n1. The van der Waals surface area contributed by atoms with Gasteiger partial charge < -0.3 is 15.4 Å². The Hall–Kier alpha value is -4.08. The first-order valence-corrected chi connectivity index (χ1v) is 15.6. The minimum absolute atomic E-state index is 0.0496. The normalized spacial score (nSPS) is 16.2. The molecule has 2 aliphatic rings. The van der Waals surface area contributed by atoms with Crippen LogP contribution in [0.1, 0.15) is 55.1 Å². The van der Waals surface area contributed by atoms with Crippen molar-refractivity contribution >= 4 is 29.0 Å². The lowest BCUT2D eigenvalue weighted by Crippen LogP contribution is -2.38.